The second-order valence-corrected chi connectivity index (χ2v) is 3.52. The van der Waals surface area contributed by atoms with Crippen molar-refractivity contribution in [3.05, 3.63) is 0 Å². The molecule has 0 heterocycles. The van der Waals surface area contributed by atoms with Crippen molar-refractivity contribution in [2.45, 2.75) is 37.9 Å². The number of aliphatic hydroxyl groups excluding tert-OH is 4. The summed E-state index contributed by atoms with van der Waals surface area (Å²) in [7, 11) is 0. The summed E-state index contributed by atoms with van der Waals surface area (Å²) in [5.74, 6) is 0. The molecule has 0 aliphatic rings. The molecule has 0 saturated carbocycles. The van der Waals surface area contributed by atoms with Gasteiger partial charge >= 0.3 is 0 Å². The Kier molecular flexibility index (Phi) is 10.2. The minimum Gasteiger partial charge on any atom is -0.396 e. The molecule has 0 fully saturated rings. The Hall–Kier alpha value is -0.200. The van der Waals surface area contributed by atoms with Gasteiger partial charge in [-0.3, -0.25) is 0 Å². The first-order valence-corrected chi connectivity index (χ1v) is 5.36. The molecule has 92 valence electrons. The van der Waals surface area contributed by atoms with Crippen molar-refractivity contribution < 1.29 is 25.2 Å². The van der Waals surface area contributed by atoms with Gasteiger partial charge in [-0.05, 0) is 25.7 Å². The van der Waals surface area contributed by atoms with Crippen LogP contribution in [0.4, 0.5) is 0 Å². The van der Waals surface area contributed by atoms with Gasteiger partial charge in [0.2, 0.25) is 0 Å². The van der Waals surface area contributed by atoms with Crippen LogP contribution in [-0.4, -0.2) is 59.1 Å². The molecule has 0 aliphatic carbocycles. The SMILES string of the molecule is OCCC(O)CCOCCC(O)CCO. The van der Waals surface area contributed by atoms with E-state index in [0.717, 1.165) is 0 Å². The lowest BCUT2D eigenvalue weighted by Crippen LogP contribution is -2.15. The lowest BCUT2D eigenvalue weighted by Gasteiger charge is -2.11. The van der Waals surface area contributed by atoms with Crippen LogP contribution in [-0.2, 0) is 4.74 Å². The normalized spacial score (nSPS) is 15.2. The Morgan fingerprint density at radius 3 is 1.47 bits per heavy atom. The maximum Gasteiger partial charge on any atom is 0.0584 e. The van der Waals surface area contributed by atoms with Gasteiger partial charge in [-0.2, -0.15) is 0 Å². The van der Waals surface area contributed by atoms with Crippen molar-refractivity contribution in [3.63, 3.8) is 0 Å². The minimum absolute atomic E-state index is 0.0175. The van der Waals surface area contributed by atoms with Crippen LogP contribution < -0.4 is 0 Å². The molecule has 0 amide bonds. The van der Waals surface area contributed by atoms with Crippen molar-refractivity contribution in [1.29, 1.82) is 0 Å². The van der Waals surface area contributed by atoms with Gasteiger partial charge < -0.3 is 25.2 Å². The molecule has 5 heteroatoms. The minimum atomic E-state index is -0.516. The standard InChI is InChI=1S/C10H22O5/c11-5-1-9(13)3-7-15-8-4-10(14)2-6-12/h9-14H,1-8H2. The monoisotopic (exact) mass is 222 g/mol. The molecular formula is C10H22O5. The van der Waals surface area contributed by atoms with Crippen LogP contribution in [0, 0.1) is 0 Å². The number of rotatable bonds is 10. The fourth-order valence-corrected chi connectivity index (χ4v) is 1.13. The van der Waals surface area contributed by atoms with Crippen LogP contribution in [0.3, 0.4) is 0 Å². The van der Waals surface area contributed by atoms with Crippen LogP contribution in [0.15, 0.2) is 0 Å². The molecule has 0 spiro atoms. The van der Waals surface area contributed by atoms with Gasteiger partial charge in [0.1, 0.15) is 0 Å². The van der Waals surface area contributed by atoms with Crippen molar-refractivity contribution in [2.75, 3.05) is 26.4 Å². The molecule has 0 saturated heterocycles. The molecule has 0 aromatic heterocycles. The summed E-state index contributed by atoms with van der Waals surface area (Å²) in [5, 5.41) is 35.5. The van der Waals surface area contributed by atoms with Gasteiger partial charge in [0.25, 0.3) is 0 Å². The molecule has 0 radical (unpaired) electrons. The second-order valence-electron chi connectivity index (χ2n) is 3.52. The smallest absolute Gasteiger partial charge is 0.0584 e. The zero-order valence-electron chi connectivity index (χ0n) is 9.01. The lowest BCUT2D eigenvalue weighted by atomic mass is 10.2. The van der Waals surface area contributed by atoms with E-state index in [1.54, 1.807) is 0 Å². The third-order valence-electron chi connectivity index (χ3n) is 2.12. The van der Waals surface area contributed by atoms with Gasteiger partial charge in [0, 0.05) is 26.4 Å². The summed E-state index contributed by atoms with van der Waals surface area (Å²) < 4.78 is 5.18. The molecule has 5 nitrogen and oxygen atoms in total. The quantitative estimate of drug-likeness (QED) is 0.366. The molecule has 0 rings (SSSR count). The highest BCUT2D eigenvalue weighted by atomic mass is 16.5. The van der Waals surface area contributed by atoms with Crippen LogP contribution in [0.25, 0.3) is 0 Å². The predicted molar refractivity (Wildman–Crippen MR) is 55.5 cm³/mol. The van der Waals surface area contributed by atoms with Crippen LogP contribution in [0.2, 0.25) is 0 Å². The molecule has 0 bridgehead atoms. The van der Waals surface area contributed by atoms with Gasteiger partial charge in [-0.15, -0.1) is 0 Å². The maximum atomic E-state index is 9.22. The van der Waals surface area contributed by atoms with E-state index >= 15 is 0 Å². The largest absolute Gasteiger partial charge is 0.396 e. The lowest BCUT2D eigenvalue weighted by molar-refractivity contribution is 0.0449. The summed E-state index contributed by atoms with van der Waals surface area (Å²) >= 11 is 0. The Morgan fingerprint density at radius 1 is 0.733 bits per heavy atom. The fourth-order valence-electron chi connectivity index (χ4n) is 1.13. The molecule has 2 unspecified atom stereocenters. The summed E-state index contributed by atoms with van der Waals surface area (Å²) in [6, 6.07) is 0. The van der Waals surface area contributed by atoms with Crippen molar-refractivity contribution in [2.24, 2.45) is 0 Å². The first kappa shape index (κ1) is 14.8. The predicted octanol–water partition coefficient (Wildman–Crippen LogP) is -0.730. The fraction of sp³-hybridized carbons (Fsp3) is 1.00. The summed E-state index contributed by atoms with van der Waals surface area (Å²) in [6.07, 6.45) is 0.704. The molecule has 15 heavy (non-hydrogen) atoms. The summed E-state index contributed by atoms with van der Waals surface area (Å²) in [5.41, 5.74) is 0. The highest BCUT2D eigenvalue weighted by molar-refractivity contribution is 4.55. The molecule has 0 aliphatic heterocycles. The van der Waals surface area contributed by atoms with Gasteiger partial charge in [0.05, 0.1) is 12.2 Å². The van der Waals surface area contributed by atoms with E-state index in [9.17, 15) is 10.2 Å². The summed E-state index contributed by atoms with van der Waals surface area (Å²) in [4.78, 5) is 0. The maximum absolute atomic E-state index is 9.22. The van der Waals surface area contributed by atoms with Crippen LogP contribution >= 0.6 is 0 Å². The van der Waals surface area contributed by atoms with E-state index in [0.29, 0.717) is 38.9 Å². The van der Waals surface area contributed by atoms with E-state index in [-0.39, 0.29) is 13.2 Å². The van der Waals surface area contributed by atoms with Crippen molar-refractivity contribution in [3.8, 4) is 0 Å². The van der Waals surface area contributed by atoms with Crippen molar-refractivity contribution in [1.82, 2.24) is 0 Å². The first-order valence-electron chi connectivity index (χ1n) is 5.36. The highest BCUT2D eigenvalue weighted by Crippen LogP contribution is 2.00. The Balaban J connectivity index is 3.17. The van der Waals surface area contributed by atoms with Gasteiger partial charge in [-0.25, -0.2) is 0 Å². The highest BCUT2D eigenvalue weighted by Gasteiger charge is 2.04. The summed E-state index contributed by atoms with van der Waals surface area (Å²) in [6.45, 7) is 0.812. The zero-order chi connectivity index (χ0) is 11.5. The van der Waals surface area contributed by atoms with E-state index in [1.807, 2.05) is 0 Å². The topological polar surface area (TPSA) is 90.2 Å². The molecular weight excluding hydrogens is 200 g/mol. The molecule has 0 aromatic carbocycles. The van der Waals surface area contributed by atoms with Gasteiger partial charge in [0.15, 0.2) is 0 Å². The van der Waals surface area contributed by atoms with E-state index in [4.69, 9.17) is 14.9 Å². The number of hydrogen-bond donors (Lipinski definition) is 4. The van der Waals surface area contributed by atoms with E-state index in [1.165, 1.54) is 0 Å². The Bertz CT molecular complexity index is 117. The van der Waals surface area contributed by atoms with Crippen LogP contribution in [0.1, 0.15) is 25.7 Å². The van der Waals surface area contributed by atoms with E-state index < -0.39 is 12.2 Å². The zero-order valence-corrected chi connectivity index (χ0v) is 9.01. The number of aliphatic hydroxyl groups is 4. The molecule has 4 N–H and O–H groups in total. The van der Waals surface area contributed by atoms with E-state index in [2.05, 4.69) is 0 Å². The first-order chi connectivity index (χ1) is 7.20. The molecule has 2 atom stereocenters. The number of ether oxygens (including phenoxy) is 1. The average molecular weight is 222 g/mol. The Morgan fingerprint density at radius 2 is 1.13 bits per heavy atom. The molecule has 0 aromatic rings. The third kappa shape index (κ3) is 10.1. The number of hydrogen-bond acceptors (Lipinski definition) is 5. The van der Waals surface area contributed by atoms with Crippen LogP contribution in [0.5, 0.6) is 0 Å². The van der Waals surface area contributed by atoms with Crippen molar-refractivity contribution >= 4 is 0 Å². The third-order valence-corrected chi connectivity index (χ3v) is 2.12. The second kappa shape index (κ2) is 10.3. The Labute approximate surface area is 90.3 Å². The average Bonchev–Trinajstić information content (AvgIpc) is 2.18. The van der Waals surface area contributed by atoms with Gasteiger partial charge in [-0.1, -0.05) is 0 Å².